The number of ketones is 1. The molecule has 3 aromatic carbocycles. The summed E-state index contributed by atoms with van der Waals surface area (Å²) < 4.78 is 12.3. The smallest absolute Gasteiger partial charge is 0.439 e. The number of hydrogen-bond donors (Lipinski definition) is 1. The van der Waals surface area contributed by atoms with Crippen LogP contribution in [0.3, 0.4) is 0 Å². The van der Waals surface area contributed by atoms with Crippen LogP contribution in [0.25, 0.3) is 28.2 Å². The van der Waals surface area contributed by atoms with Crippen molar-refractivity contribution in [2.45, 2.75) is 59.0 Å². The van der Waals surface area contributed by atoms with Gasteiger partial charge in [-0.1, -0.05) is 67.0 Å². The number of fused-ring (bicyclic) bond motifs is 1. The molecule has 0 aliphatic carbocycles. The third-order valence-corrected chi connectivity index (χ3v) is 7.68. The normalized spacial score (nSPS) is 13.6. The van der Waals surface area contributed by atoms with Crippen LogP contribution in [-0.2, 0) is 12.8 Å². The van der Waals surface area contributed by atoms with Crippen LogP contribution in [0.2, 0.25) is 0 Å². The lowest BCUT2D eigenvalue weighted by atomic mass is 9.93. The molecule has 0 spiro atoms. The second-order valence-electron chi connectivity index (χ2n) is 11.5. The fourth-order valence-corrected chi connectivity index (χ4v) is 5.72. The Bertz CT molecular complexity index is 1970. The van der Waals surface area contributed by atoms with Crippen LogP contribution in [-0.4, -0.2) is 31.1 Å². The number of aromatic nitrogens is 4. The van der Waals surface area contributed by atoms with Crippen LogP contribution in [0.1, 0.15) is 66.6 Å². The second-order valence-corrected chi connectivity index (χ2v) is 11.5. The summed E-state index contributed by atoms with van der Waals surface area (Å²) in [5.74, 6) is 0.840. The first-order valence-electron chi connectivity index (χ1n) is 14.4. The number of aromatic amines is 1. The SMILES string of the molecule is CCCc1nc(C)n(-c2ccc3c(c2)C(=O)CC(C)(C)O3)c(=O)c1Cc1ccc(-c2ccccc2-c2noc(=O)[nH]2)cc1.Cl. The minimum atomic E-state index is -0.611. The molecule has 1 N–H and O–H groups in total. The number of halogens is 1. The van der Waals surface area contributed by atoms with Gasteiger partial charge in [-0.3, -0.25) is 23.7 Å². The molecular formula is C34H33ClN4O5. The van der Waals surface area contributed by atoms with Gasteiger partial charge in [-0.05, 0) is 62.1 Å². The van der Waals surface area contributed by atoms with Gasteiger partial charge in [0, 0.05) is 17.5 Å². The molecule has 0 unspecified atom stereocenters. The number of Topliss-reactive ketones (excluding diaryl/α,β-unsaturated/α-hetero) is 1. The number of carbonyl (C=O) groups excluding carboxylic acids is 1. The summed E-state index contributed by atoms with van der Waals surface area (Å²) in [4.78, 5) is 46.0. The van der Waals surface area contributed by atoms with E-state index in [-0.39, 0.29) is 30.2 Å². The molecule has 3 heterocycles. The quantitative estimate of drug-likeness (QED) is 0.230. The Kier molecular flexibility index (Phi) is 8.43. The van der Waals surface area contributed by atoms with E-state index in [1.807, 2.05) is 69.3 Å². The number of benzene rings is 3. The van der Waals surface area contributed by atoms with E-state index >= 15 is 0 Å². The average Bonchev–Trinajstić information content (AvgIpc) is 3.41. The lowest BCUT2D eigenvalue weighted by Crippen LogP contribution is -2.36. The number of rotatable bonds is 7. The maximum Gasteiger partial charge on any atom is 0.439 e. The molecule has 44 heavy (non-hydrogen) atoms. The fourth-order valence-electron chi connectivity index (χ4n) is 5.72. The summed E-state index contributed by atoms with van der Waals surface area (Å²) >= 11 is 0. The summed E-state index contributed by atoms with van der Waals surface area (Å²) in [6, 6.07) is 20.9. The molecule has 0 atom stereocenters. The zero-order chi connectivity index (χ0) is 30.3. The molecule has 10 heteroatoms. The van der Waals surface area contributed by atoms with Crippen LogP contribution in [0.4, 0.5) is 0 Å². The Balaban J connectivity index is 0.00000384. The highest BCUT2D eigenvalue weighted by Crippen LogP contribution is 2.34. The Morgan fingerprint density at radius 2 is 1.68 bits per heavy atom. The van der Waals surface area contributed by atoms with Crippen LogP contribution in [0.5, 0.6) is 5.75 Å². The van der Waals surface area contributed by atoms with Gasteiger partial charge in [-0.15, -0.1) is 12.4 Å². The number of nitrogens with zero attached hydrogens (tertiary/aromatic N) is 3. The van der Waals surface area contributed by atoms with E-state index in [0.29, 0.717) is 47.1 Å². The number of nitrogens with one attached hydrogen (secondary N) is 1. The maximum atomic E-state index is 14.1. The third-order valence-electron chi connectivity index (χ3n) is 7.68. The Morgan fingerprint density at radius 1 is 0.955 bits per heavy atom. The summed E-state index contributed by atoms with van der Waals surface area (Å²) in [7, 11) is 0. The number of ether oxygens (including phenoxy) is 1. The van der Waals surface area contributed by atoms with Crippen molar-refractivity contribution >= 4 is 18.2 Å². The molecule has 0 saturated carbocycles. The first kappa shape index (κ1) is 30.7. The van der Waals surface area contributed by atoms with Crippen molar-refractivity contribution in [3.63, 3.8) is 0 Å². The van der Waals surface area contributed by atoms with Gasteiger partial charge in [0.1, 0.15) is 17.2 Å². The summed E-state index contributed by atoms with van der Waals surface area (Å²) in [5.41, 5.74) is 5.28. The van der Waals surface area contributed by atoms with Crippen LogP contribution in [0.15, 0.2) is 80.8 Å². The molecule has 1 aliphatic rings. The summed E-state index contributed by atoms with van der Waals surface area (Å²) in [6.07, 6.45) is 2.21. The van der Waals surface area contributed by atoms with Crippen molar-refractivity contribution in [2.24, 2.45) is 0 Å². The topological polar surface area (TPSA) is 120 Å². The zero-order valence-corrected chi connectivity index (χ0v) is 25.8. The minimum Gasteiger partial charge on any atom is -0.487 e. The van der Waals surface area contributed by atoms with Gasteiger partial charge in [-0.2, -0.15) is 0 Å². The van der Waals surface area contributed by atoms with Crippen LogP contribution >= 0.6 is 12.4 Å². The van der Waals surface area contributed by atoms with Crippen molar-refractivity contribution in [1.29, 1.82) is 0 Å². The van der Waals surface area contributed by atoms with E-state index in [9.17, 15) is 14.4 Å². The van der Waals surface area contributed by atoms with E-state index in [2.05, 4.69) is 17.1 Å². The van der Waals surface area contributed by atoms with Crippen molar-refractivity contribution in [1.82, 2.24) is 19.7 Å². The summed E-state index contributed by atoms with van der Waals surface area (Å²) in [5, 5.41) is 3.84. The van der Waals surface area contributed by atoms with Gasteiger partial charge < -0.3 is 4.74 Å². The molecule has 5 aromatic rings. The maximum absolute atomic E-state index is 14.1. The third kappa shape index (κ3) is 5.88. The molecule has 0 radical (unpaired) electrons. The molecule has 6 rings (SSSR count). The van der Waals surface area contributed by atoms with Crippen LogP contribution in [0, 0.1) is 6.92 Å². The molecule has 0 bridgehead atoms. The first-order valence-corrected chi connectivity index (χ1v) is 14.4. The predicted molar refractivity (Wildman–Crippen MR) is 170 cm³/mol. The van der Waals surface area contributed by atoms with Gasteiger partial charge in [-0.25, -0.2) is 9.78 Å². The van der Waals surface area contributed by atoms with Gasteiger partial charge in [0.2, 0.25) is 0 Å². The van der Waals surface area contributed by atoms with E-state index in [1.165, 1.54) is 0 Å². The standard InChI is InChI=1S/C34H32N4O5.ClH/c1-5-8-28-26(17-21-11-13-22(14-12-21)24-9-6-7-10-25(24)31-36-33(41)43-37-31)32(40)38(20(2)35-28)23-15-16-30-27(18-23)29(39)19-34(3,4)42-30;/h6-7,9-16,18H,5,8,17,19H2,1-4H3,(H,36,37,41);1H. The average molecular weight is 613 g/mol. The molecule has 0 amide bonds. The lowest BCUT2D eigenvalue weighted by molar-refractivity contribution is 0.0620. The lowest BCUT2D eigenvalue weighted by Gasteiger charge is -2.31. The predicted octanol–water partition coefficient (Wildman–Crippen LogP) is 6.26. The highest BCUT2D eigenvalue weighted by atomic mass is 35.5. The van der Waals surface area contributed by atoms with E-state index in [4.69, 9.17) is 14.2 Å². The molecular weight excluding hydrogens is 580 g/mol. The Hall–Kier alpha value is -4.76. The first-order chi connectivity index (χ1) is 20.6. The highest BCUT2D eigenvalue weighted by Gasteiger charge is 2.33. The second kappa shape index (κ2) is 12.1. The van der Waals surface area contributed by atoms with Crippen molar-refractivity contribution in [3.05, 3.63) is 116 Å². The Morgan fingerprint density at radius 3 is 2.36 bits per heavy atom. The number of aryl methyl sites for hydroxylation is 2. The fraction of sp³-hybridized carbons (Fsp3) is 0.265. The number of carbonyl (C=O) groups is 1. The molecule has 2 aromatic heterocycles. The van der Waals surface area contributed by atoms with Gasteiger partial charge in [0.15, 0.2) is 11.6 Å². The minimum absolute atomic E-state index is 0. The molecule has 0 fully saturated rings. The van der Waals surface area contributed by atoms with Crippen LogP contribution < -0.4 is 16.1 Å². The highest BCUT2D eigenvalue weighted by molar-refractivity contribution is 6.00. The largest absolute Gasteiger partial charge is 0.487 e. The van der Waals surface area contributed by atoms with E-state index in [1.54, 1.807) is 22.8 Å². The number of H-pyrrole nitrogens is 1. The Labute approximate surface area is 260 Å². The summed E-state index contributed by atoms with van der Waals surface area (Å²) in [6.45, 7) is 7.67. The van der Waals surface area contributed by atoms with Crippen molar-refractivity contribution < 1.29 is 14.1 Å². The van der Waals surface area contributed by atoms with E-state index in [0.717, 1.165) is 34.4 Å². The molecule has 9 nitrogen and oxygen atoms in total. The molecule has 226 valence electrons. The van der Waals surface area contributed by atoms with E-state index < -0.39 is 11.4 Å². The van der Waals surface area contributed by atoms with Gasteiger partial charge in [0.05, 0.1) is 23.4 Å². The van der Waals surface area contributed by atoms with Crippen molar-refractivity contribution in [2.75, 3.05) is 0 Å². The number of hydrogen-bond acceptors (Lipinski definition) is 7. The zero-order valence-electron chi connectivity index (χ0n) is 25.0. The van der Waals surface area contributed by atoms with Crippen molar-refractivity contribution in [3.8, 4) is 34.0 Å². The van der Waals surface area contributed by atoms with Gasteiger partial charge in [0.25, 0.3) is 5.56 Å². The molecule has 0 saturated heterocycles. The van der Waals surface area contributed by atoms with Gasteiger partial charge >= 0.3 is 5.76 Å². The monoisotopic (exact) mass is 612 g/mol. The molecule has 1 aliphatic heterocycles.